The Balaban J connectivity index is 1.89. The number of aliphatic imine (C=N–C) groups is 1. The average molecular weight is 338 g/mol. The lowest BCUT2D eigenvalue weighted by molar-refractivity contribution is 0.0405. The van der Waals surface area contributed by atoms with Crippen LogP contribution >= 0.6 is 0 Å². The Morgan fingerprint density at radius 1 is 1.36 bits per heavy atom. The maximum atomic E-state index is 8.86. The van der Waals surface area contributed by atoms with Gasteiger partial charge < -0.3 is 15.4 Å². The number of nitriles is 1. The van der Waals surface area contributed by atoms with Crippen molar-refractivity contribution in [2.45, 2.75) is 38.8 Å². The molecule has 0 radical (unpaired) electrons. The molecule has 0 aliphatic carbocycles. The largest absolute Gasteiger partial charge is 0.475 e. The first kappa shape index (κ1) is 18.8. The van der Waals surface area contributed by atoms with Crippen LogP contribution < -0.4 is 5.73 Å². The summed E-state index contributed by atoms with van der Waals surface area (Å²) in [5.74, 6) is 0.399. The monoisotopic (exact) mass is 338 g/mol. The smallest absolute Gasteiger partial charge is 0.205 e. The van der Waals surface area contributed by atoms with Gasteiger partial charge in [-0.25, -0.2) is 4.99 Å². The first-order valence-electron chi connectivity index (χ1n) is 8.59. The minimum Gasteiger partial charge on any atom is -0.475 e. The Morgan fingerprint density at radius 2 is 2.00 bits per heavy atom. The van der Waals surface area contributed by atoms with Gasteiger partial charge in [0.2, 0.25) is 5.88 Å². The van der Waals surface area contributed by atoms with Crippen LogP contribution in [-0.4, -0.2) is 36.3 Å². The number of hydrogen-bond acceptors (Lipinski definition) is 5. The van der Waals surface area contributed by atoms with Crippen molar-refractivity contribution in [1.82, 2.24) is 4.90 Å². The Labute approximate surface area is 150 Å². The zero-order valence-corrected chi connectivity index (χ0v) is 15.0. The molecular formula is C20H26N4O. The summed E-state index contributed by atoms with van der Waals surface area (Å²) in [6.07, 6.45) is 5.27. The molecular weight excluding hydrogens is 312 g/mol. The molecule has 1 fully saturated rings. The van der Waals surface area contributed by atoms with Gasteiger partial charge in [-0.15, -0.1) is 0 Å². The molecule has 1 aliphatic rings. The SMILES string of the molecule is C=C(/N=C\C(=C/N)c1ccc(C#N)cc1)OC1CCN(C(C)C)CC1. The molecule has 0 aromatic heterocycles. The van der Waals surface area contributed by atoms with E-state index in [1.54, 1.807) is 18.3 Å². The lowest BCUT2D eigenvalue weighted by Gasteiger charge is -2.34. The van der Waals surface area contributed by atoms with Crippen molar-refractivity contribution in [3.63, 3.8) is 0 Å². The summed E-state index contributed by atoms with van der Waals surface area (Å²) in [4.78, 5) is 6.74. The van der Waals surface area contributed by atoms with Crippen LogP contribution in [0.4, 0.5) is 0 Å². The van der Waals surface area contributed by atoms with Crippen molar-refractivity contribution < 1.29 is 4.74 Å². The molecule has 1 aromatic carbocycles. The standard InChI is InChI=1S/C20H26N4O/c1-15(2)24-10-8-20(9-11-24)25-16(3)23-14-19(13-22)18-6-4-17(12-21)5-7-18/h4-7,13-15,20H,3,8-11,22H2,1-2H3/b19-13+,23-14-. The van der Waals surface area contributed by atoms with E-state index in [2.05, 4.69) is 36.4 Å². The number of allylic oxidation sites excluding steroid dienone is 1. The van der Waals surface area contributed by atoms with Gasteiger partial charge in [0.05, 0.1) is 11.6 Å². The minimum absolute atomic E-state index is 0.167. The number of hydrogen-bond donors (Lipinski definition) is 1. The molecule has 2 N–H and O–H groups in total. The number of nitrogens with zero attached hydrogens (tertiary/aromatic N) is 3. The predicted octanol–water partition coefficient (Wildman–Crippen LogP) is 3.29. The van der Waals surface area contributed by atoms with Gasteiger partial charge >= 0.3 is 0 Å². The molecule has 2 rings (SSSR count). The summed E-state index contributed by atoms with van der Waals surface area (Å²) in [7, 11) is 0. The van der Waals surface area contributed by atoms with Crippen LogP contribution in [0.3, 0.4) is 0 Å². The highest BCUT2D eigenvalue weighted by Crippen LogP contribution is 2.19. The molecule has 5 nitrogen and oxygen atoms in total. The Bertz CT molecular complexity index is 675. The first-order chi connectivity index (χ1) is 12.0. The van der Waals surface area contributed by atoms with Crippen LogP contribution in [0.2, 0.25) is 0 Å². The predicted molar refractivity (Wildman–Crippen MR) is 102 cm³/mol. The van der Waals surface area contributed by atoms with E-state index in [0.29, 0.717) is 17.5 Å². The number of ether oxygens (including phenoxy) is 1. The van der Waals surface area contributed by atoms with E-state index >= 15 is 0 Å². The molecule has 1 aliphatic heterocycles. The van der Waals surface area contributed by atoms with Gasteiger partial charge in [-0.2, -0.15) is 5.26 Å². The molecule has 0 unspecified atom stereocenters. The number of piperidine rings is 1. The van der Waals surface area contributed by atoms with Crippen LogP contribution in [0.15, 0.2) is 47.9 Å². The summed E-state index contributed by atoms with van der Waals surface area (Å²) in [5, 5.41) is 8.86. The third-order valence-electron chi connectivity index (χ3n) is 4.38. The Kier molecular flexibility index (Phi) is 6.79. The second-order valence-electron chi connectivity index (χ2n) is 6.41. The van der Waals surface area contributed by atoms with Gasteiger partial charge in [0.15, 0.2) is 0 Å². The molecule has 0 atom stereocenters. The van der Waals surface area contributed by atoms with Gasteiger partial charge in [0, 0.05) is 37.1 Å². The number of nitrogens with two attached hydrogens (primary N) is 1. The average Bonchev–Trinajstić information content (AvgIpc) is 2.63. The van der Waals surface area contributed by atoms with Gasteiger partial charge in [0.1, 0.15) is 6.10 Å². The van der Waals surface area contributed by atoms with Gasteiger partial charge in [0.25, 0.3) is 0 Å². The van der Waals surface area contributed by atoms with Crippen LogP contribution in [-0.2, 0) is 4.74 Å². The van der Waals surface area contributed by atoms with E-state index in [0.717, 1.165) is 37.1 Å². The van der Waals surface area contributed by atoms with Gasteiger partial charge in [-0.3, -0.25) is 0 Å². The van der Waals surface area contributed by atoms with Crippen LogP contribution in [0.5, 0.6) is 0 Å². The molecule has 1 aromatic rings. The van der Waals surface area contributed by atoms with Gasteiger partial charge in [-0.05, 0) is 51.0 Å². The number of rotatable bonds is 6. The van der Waals surface area contributed by atoms with Gasteiger partial charge in [-0.1, -0.05) is 12.1 Å². The fourth-order valence-electron chi connectivity index (χ4n) is 2.83. The Hall–Kier alpha value is -2.58. The molecule has 0 spiro atoms. The lowest BCUT2D eigenvalue weighted by atomic mass is 10.1. The van der Waals surface area contributed by atoms with E-state index in [9.17, 15) is 0 Å². The zero-order valence-electron chi connectivity index (χ0n) is 15.0. The minimum atomic E-state index is 0.167. The fourth-order valence-corrected chi connectivity index (χ4v) is 2.83. The van der Waals surface area contributed by atoms with E-state index in [-0.39, 0.29) is 6.10 Å². The van der Waals surface area contributed by atoms with Crippen molar-refractivity contribution in [2.24, 2.45) is 10.7 Å². The molecule has 132 valence electrons. The van der Waals surface area contributed by atoms with E-state index in [1.165, 1.54) is 6.20 Å². The maximum Gasteiger partial charge on any atom is 0.205 e. The highest BCUT2D eigenvalue weighted by Gasteiger charge is 2.22. The lowest BCUT2D eigenvalue weighted by Crippen LogP contribution is -2.40. The van der Waals surface area contributed by atoms with E-state index in [4.69, 9.17) is 15.7 Å². The molecule has 0 saturated carbocycles. The molecule has 0 amide bonds. The summed E-state index contributed by atoms with van der Waals surface area (Å²) in [5.41, 5.74) is 7.95. The Morgan fingerprint density at radius 3 is 2.52 bits per heavy atom. The normalized spacial score (nSPS) is 17.0. The fraction of sp³-hybridized carbons (Fsp3) is 0.400. The second kappa shape index (κ2) is 9.05. The topological polar surface area (TPSA) is 74.6 Å². The molecule has 5 heteroatoms. The number of likely N-dealkylation sites (tertiary alicyclic amines) is 1. The van der Waals surface area contributed by atoms with E-state index < -0.39 is 0 Å². The quantitative estimate of drug-likeness (QED) is 0.638. The van der Waals surface area contributed by atoms with Crippen LogP contribution in [0.1, 0.15) is 37.8 Å². The summed E-state index contributed by atoms with van der Waals surface area (Å²) < 4.78 is 5.86. The van der Waals surface area contributed by atoms with Crippen molar-refractivity contribution >= 4 is 11.8 Å². The summed E-state index contributed by atoms with van der Waals surface area (Å²) in [6.45, 7) is 10.4. The number of benzene rings is 1. The molecule has 1 saturated heterocycles. The summed E-state index contributed by atoms with van der Waals surface area (Å²) in [6, 6.07) is 9.86. The maximum absolute atomic E-state index is 8.86. The third-order valence-corrected chi connectivity index (χ3v) is 4.38. The van der Waals surface area contributed by atoms with Crippen molar-refractivity contribution in [3.8, 4) is 6.07 Å². The van der Waals surface area contributed by atoms with Crippen LogP contribution in [0, 0.1) is 11.3 Å². The second-order valence-corrected chi connectivity index (χ2v) is 6.41. The van der Waals surface area contributed by atoms with Crippen molar-refractivity contribution in [3.05, 3.63) is 54.1 Å². The zero-order chi connectivity index (χ0) is 18.2. The van der Waals surface area contributed by atoms with Crippen molar-refractivity contribution in [1.29, 1.82) is 5.26 Å². The van der Waals surface area contributed by atoms with Crippen LogP contribution in [0.25, 0.3) is 5.57 Å². The highest BCUT2D eigenvalue weighted by atomic mass is 16.5. The van der Waals surface area contributed by atoms with E-state index in [1.807, 2.05) is 12.1 Å². The first-order valence-corrected chi connectivity index (χ1v) is 8.59. The third kappa shape index (κ3) is 5.47. The molecule has 25 heavy (non-hydrogen) atoms. The van der Waals surface area contributed by atoms with Crippen molar-refractivity contribution in [2.75, 3.05) is 13.1 Å². The molecule has 1 heterocycles. The highest BCUT2D eigenvalue weighted by molar-refractivity contribution is 6.09. The summed E-state index contributed by atoms with van der Waals surface area (Å²) >= 11 is 0. The molecule has 0 bridgehead atoms.